The lowest BCUT2D eigenvalue weighted by Gasteiger charge is -2.12. The van der Waals surface area contributed by atoms with Crippen LogP contribution in [0, 0.1) is 5.82 Å². The zero-order chi connectivity index (χ0) is 28.3. The van der Waals surface area contributed by atoms with Gasteiger partial charge in [0.2, 0.25) is 0 Å². The Morgan fingerprint density at radius 3 is 2.08 bits per heavy atom. The lowest BCUT2D eigenvalue weighted by molar-refractivity contribution is -0.113. The van der Waals surface area contributed by atoms with Crippen LogP contribution in [0.3, 0.4) is 0 Å². The van der Waals surface area contributed by atoms with Crippen molar-refractivity contribution in [2.45, 2.75) is 6.92 Å². The van der Waals surface area contributed by atoms with Gasteiger partial charge in [-0.25, -0.2) is 4.39 Å². The van der Waals surface area contributed by atoms with E-state index in [1.165, 1.54) is 36.4 Å². The molecule has 4 aromatic carbocycles. The fourth-order valence-electron chi connectivity index (χ4n) is 3.69. The van der Waals surface area contributed by atoms with Crippen LogP contribution in [0.25, 0.3) is 12.2 Å². The van der Waals surface area contributed by atoms with Crippen molar-refractivity contribution < 1.29 is 23.5 Å². The molecule has 2 amide bonds. The Hall–Kier alpha value is -5.30. The Kier molecular flexibility index (Phi) is 9.35. The highest BCUT2D eigenvalue weighted by Crippen LogP contribution is 2.16. The molecule has 6 nitrogen and oxygen atoms in total. The molecule has 40 heavy (non-hydrogen) atoms. The van der Waals surface area contributed by atoms with Crippen LogP contribution in [0.5, 0.6) is 5.75 Å². The summed E-state index contributed by atoms with van der Waals surface area (Å²) in [4.78, 5) is 38.5. The van der Waals surface area contributed by atoms with Crippen molar-refractivity contribution in [1.29, 1.82) is 0 Å². The second-order valence-corrected chi connectivity index (χ2v) is 8.66. The van der Waals surface area contributed by atoms with E-state index < -0.39 is 17.6 Å². The van der Waals surface area contributed by atoms with Crippen LogP contribution in [0.4, 0.5) is 10.1 Å². The number of hydrogen-bond acceptors (Lipinski definition) is 4. The average molecular weight is 535 g/mol. The molecule has 0 atom stereocenters. The van der Waals surface area contributed by atoms with Gasteiger partial charge < -0.3 is 15.4 Å². The van der Waals surface area contributed by atoms with Crippen molar-refractivity contribution in [1.82, 2.24) is 5.32 Å². The monoisotopic (exact) mass is 534 g/mol. The molecule has 7 heteroatoms. The van der Waals surface area contributed by atoms with E-state index in [1.54, 1.807) is 60.7 Å². The third kappa shape index (κ3) is 7.85. The summed E-state index contributed by atoms with van der Waals surface area (Å²) < 4.78 is 18.8. The van der Waals surface area contributed by atoms with Crippen LogP contribution in [0.15, 0.2) is 115 Å². The maximum Gasteiger partial charge on any atom is 0.272 e. The molecule has 2 N–H and O–H groups in total. The number of amides is 2. The first-order chi connectivity index (χ1) is 19.4. The minimum Gasteiger partial charge on any atom is -0.494 e. The number of carbonyl (C=O) groups is 3. The Morgan fingerprint density at radius 1 is 0.775 bits per heavy atom. The summed E-state index contributed by atoms with van der Waals surface area (Å²) in [5, 5.41) is 5.37. The molecule has 0 aliphatic heterocycles. The number of rotatable bonds is 10. The van der Waals surface area contributed by atoms with Crippen molar-refractivity contribution in [2.24, 2.45) is 0 Å². The SMILES string of the molecule is CCOc1ccc(/C=C/C(=O)c2ccc(NC(=O)/C(=C/c3ccc(F)cc3)NC(=O)c3ccccc3)cc2)cc1. The zero-order valence-corrected chi connectivity index (χ0v) is 21.8. The van der Waals surface area contributed by atoms with E-state index in [0.717, 1.165) is 11.3 Å². The lowest BCUT2D eigenvalue weighted by Crippen LogP contribution is -2.30. The van der Waals surface area contributed by atoms with E-state index >= 15 is 0 Å². The molecule has 0 aromatic heterocycles. The maximum atomic E-state index is 13.4. The summed E-state index contributed by atoms with van der Waals surface area (Å²) in [5.41, 5.74) is 2.61. The zero-order valence-electron chi connectivity index (χ0n) is 21.8. The fraction of sp³-hybridized carbons (Fsp3) is 0.0606. The van der Waals surface area contributed by atoms with Crippen LogP contribution in [-0.4, -0.2) is 24.2 Å². The van der Waals surface area contributed by atoms with Gasteiger partial charge in [-0.05, 0) is 90.9 Å². The number of nitrogens with one attached hydrogen (secondary N) is 2. The Balaban J connectivity index is 1.45. The highest BCUT2D eigenvalue weighted by atomic mass is 19.1. The minimum atomic E-state index is -0.580. The first-order valence-corrected chi connectivity index (χ1v) is 12.6. The maximum absolute atomic E-state index is 13.4. The summed E-state index contributed by atoms with van der Waals surface area (Å²) in [7, 11) is 0. The molecule has 0 fully saturated rings. The summed E-state index contributed by atoms with van der Waals surface area (Å²) in [6, 6.07) is 27.8. The predicted octanol–water partition coefficient (Wildman–Crippen LogP) is 6.53. The van der Waals surface area contributed by atoms with Gasteiger partial charge in [-0.2, -0.15) is 0 Å². The molecular formula is C33H27FN2O4. The number of benzene rings is 4. The third-order valence-electron chi connectivity index (χ3n) is 5.76. The molecule has 0 saturated heterocycles. The first kappa shape index (κ1) is 27.7. The van der Waals surface area contributed by atoms with Gasteiger partial charge in [-0.3, -0.25) is 14.4 Å². The van der Waals surface area contributed by atoms with Gasteiger partial charge in [-0.1, -0.05) is 48.5 Å². The van der Waals surface area contributed by atoms with Crippen molar-refractivity contribution >= 4 is 35.4 Å². The number of hydrogen-bond donors (Lipinski definition) is 2. The van der Waals surface area contributed by atoms with Crippen molar-refractivity contribution in [3.05, 3.63) is 143 Å². The minimum absolute atomic E-state index is 0.0288. The number of allylic oxidation sites excluding steroid dienone is 1. The van der Waals surface area contributed by atoms with Gasteiger partial charge in [0.05, 0.1) is 6.61 Å². The van der Waals surface area contributed by atoms with Crippen LogP contribution in [0.2, 0.25) is 0 Å². The molecule has 4 rings (SSSR count). The second kappa shape index (κ2) is 13.5. The van der Waals surface area contributed by atoms with Gasteiger partial charge in [0.15, 0.2) is 5.78 Å². The Morgan fingerprint density at radius 2 is 1.43 bits per heavy atom. The van der Waals surface area contributed by atoms with E-state index in [2.05, 4.69) is 10.6 Å². The highest BCUT2D eigenvalue weighted by molar-refractivity contribution is 6.11. The number of carbonyl (C=O) groups excluding carboxylic acids is 3. The van der Waals surface area contributed by atoms with Gasteiger partial charge in [0.1, 0.15) is 17.3 Å². The van der Waals surface area contributed by atoms with Crippen LogP contribution >= 0.6 is 0 Å². The van der Waals surface area contributed by atoms with Crippen LogP contribution in [0.1, 0.15) is 38.8 Å². The van der Waals surface area contributed by atoms with Crippen molar-refractivity contribution in [3.8, 4) is 5.75 Å². The topological polar surface area (TPSA) is 84.5 Å². The quantitative estimate of drug-likeness (QED) is 0.179. The van der Waals surface area contributed by atoms with E-state index in [4.69, 9.17) is 4.74 Å². The predicted molar refractivity (Wildman–Crippen MR) is 154 cm³/mol. The van der Waals surface area contributed by atoms with Crippen molar-refractivity contribution in [2.75, 3.05) is 11.9 Å². The second-order valence-electron chi connectivity index (χ2n) is 8.66. The summed E-state index contributed by atoms with van der Waals surface area (Å²) >= 11 is 0. The number of ether oxygens (including phenoxy) is 1. The van der Waals surface area contributed by atoms with Gasteiger partial charge in [0, 0.05) is 16.8 Å². The molecular weight excluding hydrogens is 507 g/mol. The third-order valence-corrected chi connectivity index (χ3v) is 5.76. The van der Waals surface area contributed by atoms with Gasteiger partial charge in [0.25, 0.3) is 11.8 Å². The highest BCUT2D eigenvalue weighted by Gasteiger charge is 2.15. The van der Waals surface area contributed by atoms with Gasteiger partial charge >= 0.3 is 0 Å². The van der Waals surface area contributed by atoms with Crippen LogP contribution < -0.4 is 15.4 Å². The number of ketones is 1. The number of halogens is 1. The summed E-state index contributed by atoms with van der Waals surface area (Å²) in [5.74, 6) is -0.898. The summed E-state index contributed by atoms with van der Waals surface area (Å²) in [6.45, 7) is 2.49. The van der Waals surface area contributed by atoms with E-state index in [0.29, 0.717) is 29.0 Å². The van der Waals surface area contributed by atoms with E-state index in [1.807, 2.05) is 31.2 Å². The van der Waals surface area contributed by atoms with Crippen molar-refractivity contribution in [3.63, 3.8) is 0 Å². The summed E-state index contributed by atoms with van der Waals surface area (Å²) in [6.07, 6.45) is 4.65. The molecule has 0 aliphatic carbocycles. The molecule has 4 aromatic rings. The smallest absolute Gasteiger partial charge is 0.272 e. The molecule has 0 saturated carbocycles. The molecule has 0 aliphatic rings. The Labute approximate surface area is 231 Å². The van der Waals surface area contributed by atoms with E-state index in [9.17, 15) is 18.8 Å². The normalized spacial score (nSPS) is 11.2. The Bertz CT molecular complexity index is 1530. The average Bonchev–Trinajstić information content (AvgIpc) is 2.98. The van der Waals surface area contributed by atoms with Crippen LogP contribution in [-0.2, 0) is 4.79 Å². The fourth-order valence-corrected chi connectivity index (χ4v) is 3.69. The largest absolute Gasteiger partial charge is 0.494 e. The molecule has 0 spiro atoms. The molecule has 0 unspecified atom stereocenters. The molecule has 0 bridgehead atoms. The number of anilines is 1. The molecule has 0 heterocycles. The molecule has 0 radical (unpaired) electrons. The first-order valence-electron chi connectivity index (χ1n) is 12.6. The van der Waals surface area contributed by atoms with Gasteiger partial charge in [-0.15, -0.1) is 0 Å². The molecule has 200 valence electrons. The van der Waals surface area contributed by atoms with E-state index in [-0.39, 0.29) is 11.5 Å². The lowest BCUT2D eigenvalue weighted by atomic mass is 10.1. The standard InChI is InChI=1S/C33H27FN2O4/c1-2-40-29-19-10-23(11-20-29)12-21-31(37)25-13-17-28(18-14-25)35-33(39)30(22-24-8-15-27(34)16-9-24)36-32(38)26-6-4-3-5-7-26/h3-22H,2H2,1H3,(H,35,39)(H,36,38)/b21-12+,30-22-.